The minimum Gasteiger partial charge on any atom is -0.359 e. The van der Waals surface area contributed by atoms with Crippen LogP contribution in [0.2, 0.25) is 5.15 Å². The molecular formula is C23H16ClF3N6O. The highest BCUT2D eigenvalue weighted by atomic mass is 35.5. The van der Waals surface area contributed by atoms with Gasteiger partial charge in [-0.25, -0.2) is 9.97 Å². The van der Waals surface area contributed by atoms with Crippen molar-refractivity contribution in [1.82, 2.24) is 24.9 Å². The van der Waals surface area contributed by atoms with E-state index >= 15 is 0 Å². The van der Waals surface area contributed by atoms with Crippen molar-refractivity contribution in [3.8, 4) is 22.6 Å². The predicted molar refractivity (Wildman–Crippen MR) is 125 cm³/mol. The lowest BCUT2D eigenvalue weighted by atomic mass is 10.0. The average Bonchev–Trinajstić information content (AvgIpc) is 3.20. The van der Waals surface area contributed by atoms with Gasteiger partial charge in [0, 0.05) is 23.2 Å². The maximum atomic E-state index is 12.9. The van der Waals surface area contributed by atoms with Crippen LogP contribution in [-0.4, -0.2) is 37.6 Å². The lowest BCUT2D eigenvalue weighted by molar-refractivity contribution is -0.115. The number of aromatic amines is 2. The third kappa shape index (κ3) is 4.08. The summed E-state index contributed by atoms with van der Waals surface area (Å²) >= 11 is 5.99. The number of halogens is 4. The Morgan fingerprint density at radius 2 is 1.82 bits per heavy atom. The number of aryl methyl sites for hydroxylation is 1. The molecule has 34 heavy (non-hydrogen) atoms. The first-order chi connectivity index (χ1) is 16.2. The van der Waals surface area contributed by atoms with E-state index in [2.05, 4.69) is 30.2 Å². The number of hydrogen-bond donors (Lipinski definition) is 3. The van der Waals surface area contributed by atoms with Crippen molar-refractivity contribution in [1.29, 1.82) is 0 Å². The van der Waals surface area contributed by atoms with Crippen molar-refractivity contribution in [2.75, 3.05) is 11.9 Å². The molecule has 7 nitrogen and oxygen atoms in total. The third-order valence-corrected chi connectivity index (χ3v) is 5.51. The number of nitrogens with zero attached hydrogens (tertiary/aromatic N) is 3. The Balaban J connectivity index is 1.68. The lowest BCUT2D eigenvalue weighted by Gasteiger charge is -2.09. The summed E-state index contributed by atoms with van der Waals surface area (Å²) < 4.78 is 38.1. The summed E-state index contributed by atoms with van der Waals surface area (Å²) in [6, 6.07) is 12.5. The maximum Gasteiger partial charge on any atom is 0.405 e. The van der Waals surface area contributed by atoms with Crippen LogP contribution in [0, 0.1) is 6.92 Å². The van der Waals surface area contributed by atoms with Gasteiger partial charge in [0.25, 0.3) is 5.56 Å². The van der Waals surface area contributed by atoms with Crippen molar-refractivity contribution in [3.63, 3.8) is 0 Å². The van der Waals surface area contributed by atoms with E-state index in [0.29, 0.717) is 22.1 Å². The molecule has 0 atom stereocenters. The van der Waals surface area contributed by atoms with Crippen LogP contribution in [-0.2, 0) is 0 Å². The number of aromatic nitrogens is 5. The van der Waals surface area contributed by atoms with Crippen molar-refractivity contribution in [2.45, 2.75) is 13.1 Å². The Kier molecular flexibility index (Phi) is 5.24. The fourth-order valence-electron chi connectivity index (χ4n) is 3.77. The molecule has 0 radical (unpaired) electrons. The second-order valence-electron chi connectivity index (χ2n) is 7.69. The van der Waals surface area contributed by atoms with Crippen LogP contribution in [0.15, 0.2) is 53.5 Å². The molecule has 5 rings (SSSR count). The van der Waals surface area contributed by atoms with Gasteiger partial charge in [-0.1, -0.05) is 35.9 Å². The summed E-state index contributed by atoms with van der Waals surface area (Å²) in [6.45, 7) is 0.660. The summed E-state index contributed by atoms with van der Waals surface area (Å²) in [7, 11) is 0. The molecule has 5 aromatic rings. The minimum atomic E-state index is -4.45. The van der Waals surface area contributed by atoms with E-state index in [0.717, 1.165) is 11.1 Å². The maximum absolute atomic E-state index is 12.9. The molecule has 172 valence electrons. The molecule has 0 unspecified atom stereocenters. The standard InChI is InChI=1S/C23H16ClF3N6O/c1-11-4-2-3-5-12(11)18-13-8-14(22(34)31-15(13)6-7-28-18)20-30-16-9-17(24)32-21(19(16)33-20)29-10-23(25,26)27/h2-9H,10H2,1H3,(H,29,32)(H,30,33)(H,31,34). The molecule has 3 N–H and O–H groups in total. The fraction of sp³-hybridized carbons (Fsp3) is 0.130. The molecule has 0 saturated heterocycles. The van der Waals surface area contributed by atoms with Gasteiger partial charge in [0.1, 0.15) is 23.0 Å². The summed E-state index contributed by atoms with van der Waals surface area (Å²) in [4.78, 5) is 31.5. The number of nitrogens with one attached hydrogen (secondary N) is 3. The number of rotatable bonds is 4. The first-order valence-electron chi connectivity index (χ1n) is 10.1. The van der Waals surface area contributed by atoms with Crippen LogP contribution < -0.4 is 10.9 Å². The molecule has 11 heteroatoms. The molecule has 0 spiro atoms. The molecule has 0 saturated carbocycles. The van der Waals surface area contributed by atoms with Crippen molar-refractivity contribution < 1.29 is 13.2 Å². The van der Waals surface area contributed by atoms with Gasteiger partial charge >= 0.3 is 6.18 Å². The Morgan fingerprint density at radius 1 is 1.03 bits per heavy atom. The van der Waals surface area contributed by atoms with Crippen LogP contribution in [0.3, 0.4) is 0 Å². The van der Waals surface area contributed by atoms with E-state index < -0.39 is 18.3 Å². The second kappa shape index (κ2) is 8.14. The molecule has 0 aliphatic heterocycles. The lowest BCUT2D eigenvalue weighted by Crippen LogP contribution is -2.22. The predicted octanol–water partition coefficient (Wildman–Crippen LogP) is 5.46. The van der Waals surface area contributed by atoms with Gasteiger partial charge in [-0.15, -0.1) is 0 Å². The molecule has 0 aliphatic rings. The summed E-state index contributed by atoms with van der Waals surface area (Å²) in [5.41, 5.74) is 3.45. The normalized spacial score (nSPS) is 11.9. The van der Waals surface area contributed by atoms with Crippen LogP contribution in [0.5, 0.6) is 0 Å². The van der Waals surface area contributed by atoms with E-state index in [1.165, 1.54) is 6.07 Å². The quantitative estimate of drug-likeness (QED) is 0.294. The zero-order valence-corrected chi connectivity index (χ0v) is 18.3. The number of hydrogen-bond acceptors (Lipinski definition) is 5. The Hall–Kier alpha value is -3.92. The van der Waals surface area contributed by atoms with Crippen LogP contribution in [0.1, 0.15) is 5.56 Å². The van der Waals surface area contributed by atoms with E-state index in [1.807, 2.05) is 31.2 Å². The van der Waals surface area contributed by atoms with Gasteiger partial charge in [-0.3, -0.25) is 9.78 Å². The van der Waals surface area contributed by atoms with Crippen molar-refractivity contribution in [2.24, 2.45) is 0 Å². The summed E-state index contributed by atoms with van der Waals surface area (Å²) in [5.74, 6) is 0.0265. The average molecular weight is 485 g/mol. The van der Waals surface area contributed by atoms with E-state index in [1.54, 1.807) is 18.3 Å². The van der Waals surface area contributed by atoms with Gasteiger partial charge in [0.05, 0.1) is 22.3 Å². The first-order valence-corrected chi connectivity index (χ1v) is 10.5. The van der Waals surface area contributed by atoms with E-state index in [9.17, 15) is 18.0 Å². The van der Waals surface area contributed by atoms with Gasteiger partial charge in [0.15, 0.2) is 5.82 Å². The number of pyridine rings is 3. The molecule has 4 aromatic heterocycles. The zero-order chi connectivity index (χ0) is 24.0. The molecule has 0 bridgehead atoms. The highest BCUT2D eigenvalue weighted by molar-refractivity contribution is 6.30. The van der Waals surface area contributed by atoms with Crippen molar-refractivity contribution in [3.05, 3.63) is 69.7 Å². The van der Waals surface area contributed by atoms with Crippen LogP contribution in [0.4, 0.5) is 19.0 Å². The molecular weight excluding hydrogens is 469 g/mol. The van der Waals surface area contributed by atoms with E-state index in [-0.39, 0.29) is 27.9 Å². The van der Waals surface area contributed by atoms with Crippen LogP contribution >= 0.6 is 11.6 Å². The Bertz CT molecular complexity index is 1610. The Morgan fingerprint density at radius 3 is 2.59 bits per heavy atom. The van der Waals surface area contributed by atoms with Gasteiger partial charge < -0.3 is 15.3 Å². The topological polar surface area (TPSA) is 99.3 Å². The number of imidazole rings is 1. The number of H-pyrrole nitrogens is 2. The molecule has 0 amide bonds. The van der Waals surface area contributed by atoms with Gasteiger partial charge in [0.2, 0.25) is 0 Å². The molecule has 1 aromatic carbocycles. The fourth-order valence-corrected chi connectivity index (χ4v) is 3.97. The SMILES string of the molecule is Cc1ccccc1-c1nccc2[nH]c(=O)c(-c3nc4c(NCC(F)(F)F)nc(Cl)cc4[nH]3)cc12. The zero-order valence-electron chi connectivity index (χ0n) is 17.6. The van der Waals surface area contributed by atoms with Crippen molar-refractivity contribution >= 4 is 39.4 Å². The number of benzene rings is 1. The monoisotopic (exact) mass is 484 g/mol. The smallest absolute Gasteiger partial charge is 0.359 e. The number of alkyl halides is 3. The minimum absolute atomic E-state index is 0.0224. The highest BCUT2D eigenvalue weighted by Gasteiger charge is 2.27. The van der Waals surface area contributed by atoms with Gasteiger partial charge in [-0.2, -0.15) is 13.2 Å². The highest BCUT2D eigenvalue weighted by Crippen LogP contribution is 2.31. The Labute approximate surface area is 195 Å². The number of fused-ring (bicyclic) bond motifs is 2. The third-order valence-electron chi connectivity index (χ3n) is 5.32. The molecule has 4 heterocycles. The summed E-state index contributed by atoms with van der Waals surface area (Å²) in [6.07, 6.45) is -2.84. The number of anilines is 1. The van der Waals surface area contributed by atoms with Crippen LogP contribution in [0.25, 0.3) is 44.6 Å². The second-order valence-corrected chi connectivity index (χ2v) is 8.08. The largest absolute Gasteiger partial charge is 0.405 e. The summed E-state index contributed by atoms with van der Waals surface area (Å²) in [5, 5.41) is 2.89. The first kappa shape index (κ1) is 21.9. The molecule has 0 fully saturated rings. The molecule has 0 aliphatic carbocycles. The van der Waals surface area contributed by atoms with Gasteiger partial charge in [-0.05, 0) is 24.6 Å². The van der Waals surface area contributed by atoms with E-state index in [4.69, 9.17) is 11.6 Å².